The number of allylic oxidation sites excluding steroid dienone is 2. The van der Waals surface area contributed by atoms with Gasteiger partial charge in [-0.05, 0) is 75.2 Å². The fraction of sp³-hybridized carbons (Fsp3) is 0.778. The van der Waals surface area contributed by atoms with Crippen LogP contribution < -0.4 is 0 Å². The van der Waals surface area contributed by atoms with Crippen LogP contribution in [0.5, 0.6) is 0 Å². The molecule has 3 aliphatic carbocycles. The second kappa shape index (κ2) is 9.60. The van der Waals surface area contributed by atoms with E-state index < -0.39 is 17.8 Å². The topological polar surface area (TPSA) is 60.7 Å². The first-order chi connectivity index (χ1) is 14.1. The van der Waals surface area contributed by atoms with E-state index in [0.29, 0.717) is 36.0 Å². The monoisotopic (exact) mass is 414 g/mol. The molecule has 0 bridgehead atoms. The Morgan fingerprint density at radius 3 is 2.70 bits per heavy atom. The Bertz CT molecular complexity index is 717. The molecule has 0 aromatic rings. The first kappa shape index (κ1) is 23.6. The van der Waals surface area contributed by atoms with Gasteiger partial charge in [0, 0.05) is 24.0 Å². The number of hydrogen-bond acceptors (Lipinski definition) is 3. The van der Waals surface area contributed by atoms with Gasteiger partial charge in [-0.15, -0.1) is 0 Å². The molecule has 30 heavy (non-hydrogen) atoms. The van der Waals surface area contributed by atoms with Gasteiger partial charge < -0.3 is 15.3 Å². The van der Waals surface area contributed by atoms with Gasteiger partial charge in [0.1, 0.15) is 0 Å². The van der Waals surface area contributed by atoms with Crippen molar-refractivity contribution in [2.24, 2.45) is 23.2 Å². The van der Waals surface area contributed by atoms with Crippen molar-refractivity contribution >= 4 is 0 Å². The van der Waals surface area contributed by atoms with E-state index in [0.717, 1.165) is 24.8 Å². The standard InChI is InChI=1S/C27H42O3/c1-19(8-6-14-26(2,3)30)24-10-5-11-25-21(9-7-15-27(24,25)4)13-12-20-16-22(28)18-23(29)17-20/h9,16,19,22-25,28-30H,5-8,10-11,14-15,17-18H2,1-4H3/t19-,22-,23-,24-,25+,27-/m1/s1. The van der Waals surface area contributed by atoms with E-state index in [1.54, 1.807) is 0 Å². The summed E-state index contributed by atoms with van der Waals surface area (Å²) in [5.41, 5.74) is 1.89. The van der Waals surface area contributed by atoms with Crippen LogP contribution in [0.2, 0.25) is 0 Å². The Balaban J connectivity index is 1.71. The van der Waals surface area contributed by atoms with Crippen molar-refractivity contribution < 1.29 is 15.3 Å². The molecule has 1 saturated carbocycles. The minimum atomic E-state index is -0.576. The molecule has 0 spiro atoms. The van der Waals surface area contributed by atoms with Crippen LogP contribution in [0, 0.1) is 35.0 Å². The van der Waals surface area contributed by atoms with Gasteiger partial charge in [-0.3, -0.25) is 0 Å². The van der Waals surface area contributed by atoms with Crippen molar-refractivity contribution in [2.45, 2.75) is 110 Å². The molecule has 0 saturated heterocycles. The average Bonchev–Trinajstić information content (AvgIpc) is 2.63. The van der Waals surface area contributed by atoms with Crippen LogP contribution in [0.1, 0.15) is 91.9 Å². The average molecular weight is 415 g/mol. The highest BCUT2D eigenvalue weighted by Crippen LogP contribution is 2.56. The summed E-state index contributed by atoms with van der Waals surface area (Å²) in [4.78, 5) is 0. The smallest absolute Gasteiger partial charge is 0.0757 e. The summed E-state index contributed by atoms with van der Waals surface area (Å²) in [7, 11) is 0. The summed E-state index contributed by atoms with van der Waals surface area (Å²) < 4.78 is 0. The maximum Gasteiger partial charge on any atom is 0.0757 e. The highest BCUT2D eigenvalue weighted by Gasteiger charge is 2.47. The summed E-state index contributed by atoms with van der Waals surface area (Å²) in [5, 5.41) is 29.9. The summed E-state index contributed by atoms with van der Waals surface area (Å²) in [5.74, 6) is 8.66. The van der Waals surface area contributed by atoms with Gasteiger partial charge in [-0.1, -0.05) is 51.0 Å². The van der Waals surface area contributed by atoms with Crippen LogP contribution in [-0.4, -0.2) is 33.1 Å². The van der Waals surface area contributed by atoms with Crippen LogP contribution in [-0.2, 0) is 0 Å². The molecule has 3 rings (SSSR count). The van der Waals surface area contributed by atoms with Gasteiger partial charge in [0.05, 0.1) is 17.8 Å². The lowest BCUT2D eigenvalue weighted by molar-refractivity contribution is 0.00790. The molecular weight excluding hydrogens is 372 g/mol. The second-order valence-corrected chi connectivity index (χ2v) is 11.1. The molecule has 3 heteroatoms. The van der Waals surface area contributed by atoms with Gasteiger partial charge in [0.2, 0.25) is 0 Å². The predicted molar refractivity (Wildman–Crippen MR) is 123 cm³/mol. The Morgan fingerprint density at radius 1 is 1.23 bits per heavy atom. The van der Waals surface area contributed by atoms with Crippen LogP contribution in [0.3, 0.4) is 0 Å². The van der Waals surface area contributed by atoms with Crippen molar-refractivity contribution in [3.05, 3.63) is 23.3 Å². The Labute approximate surface area is 183 Å². The van der Waals surface area contributed by atoms with E-state index in [4.69, 9.17) is 0 Å². The number of hydrogen-bond donors (Lipinski definition) is 3. The predicted octanol–water partition coefficient (Wildman–Crippen LogP) is 5.15. The van der Waals surface area contributed by atoms with Crippen LogP contribution in [0.4, 0.5) is 0 Å². The third-order valence-corrected chi connectivity index (χ3v) is 7.94. The van der Waals surface area contributed by atoms with E-state index in [-0.39, 0.29) is 0 Å². The van der Waals surface area contributed by atoms with Crippen molar-refractivity contribution in [3.63, 3.8) is 0 Å². The number of fused-ring (bicyclic) bond motifs is 1. The van der Waals surface area contributed by atoms with E-state index >= 15 is 0 Å². The Kier molecular flexibility index (Phi) is 7.54. The number of aliphatic hydroxyl groups excluding tert-OH is 2. The van der Waals surface area contributed by atoms with Crippen LogP contribution >= 0.6 is 0 Å². The van der Waals surface area contributed by atoms with Crippen molar-refractivity contribution in [1.29, 1.82) is 0 Å². The third-order valence-electron chi connectivity index (χ3n) is 7.94. The zero-order valence-electron chi connectivity index (χ0n) is 19.5. The molecular formula is C27H42O3. The lowest BCUT2D eigenvalue weighted by Crippen LogP contribution is -2.44. The van der Waals surface area contributed by atoms with Crippen LogP contribution in [0.15, 0.2) is 23.3 Å². The lowest BCUT2D eigenvalue weighted by atomic mass is 9.52. The quantitative estimate of drug-likeness (QED) is 0.545. The van der Waals surface area contributed by atoms with E-state index in [1.807, 2.05) is 19.9 Å². The molecule has 0 aromatic carbocycles. The van der Waals surface area contributed by atoms with Gasteiger partial charge in [-0.2, -0.15) is 0 Å². The maximum absolute atomic E-state index is 10.1. The summed E-state index contributed by atoms with van der Waals surface area (Å²) in [6, 6.07) is 0. The van der Waals surface area contributed by atoms with Crippen molar-refractivity contribution in [3.8, 4) is 11.8 Å². The zero-order chi connectivity index (χ0) is 21.9. The van der Waals surface area contributed by atoms with E-state index in [9.17, 15) is 15.3 Å². The molecule has 6 atom stereocenters. The Hall–Kier alpha value is -1.08. The lowest BCUT2D eigenvalue weighted by Gasteiger charge is -2.52. The highest BCUT2D eigenvalue weighted by atomic mass is 16.3. The Morgan fingerprint density at radius 2 is 2.00 bits per heavy atom. The molecule has 1 fully saturated rings. The fourth-order valence-electron chi connectivity index (χ4n) is 6.37. The molecule has 0 heterocycles. The minimum Gasteiger partial charge on any atom is -0.393 e. The maximum atomic E-state index is 10.1. The molecule has 0 amide bonds. The first-order valence-corrected chi connectivity index (χ1v) is 12.1. The van der Waals surface area contributed by atoms with Gasteiger partial charge >= 0.3 is 0 Å². The molecule has 3 nitrogen and oxygen atoms in total. The second-order valence-electron chi connectivity index (χ2n) is 11.1. The minimum absolute atomic E-state index is 0.297. The third kappa shape index (κ3) is 5.78. The number of rotatable bonds is 5. The van der Waals surface area contributed by atoms with Gasteiger partial charge in [-0.25, -0.2) is 0 Å². The SMILES string of the molecule is C[C@H](CCCC(C)(C)O)[C@H]1CCC[C@H]2C(C#CC3=C[C@@H](O)C[C@H](O)C3)=CCC[C@]12C. The van der Waals surface area contributed by atoms with Crippen molar-refractivity contribution in [2.75, 3.05) is 0 Å². The summed E-state index contributed by atoms with van der Waals surface area (Å²) in [6.07, 6.45) is 13.3. The molecule has 0 radical (unpaired) electrons. The number of aliphatic hydroxyl groups is 3. The largest absolute Gasteiger partial charge is 0.393 e. The molecule has 0 aromatic heterocycles. The summed E-state index contributed by atoms with van der Waals surface area (Å²) in [6.45, 7) is 8.73. The van der Waals surface area contributed by atoms with E-state index in [2.05, 4.69) is 31.8 Å². The molecule has 3 aliphatic rings. The first-order valence-electron chi connectivity index (χ1n) is 12.1. The molecule has 0 unspecified atom stereocenters. The van der Waals surface area contributed by atoms with Gasteiger partial charge in [0.15, 0.2) is 0 Å². The highest BCUT2D eigenvalue weighted by molar-refractivity contribution is 5.42. The van der Waals surface area contributed by atoms with Crippen molar-refractivity contribution in [1.82, 2.24) is 0 Å². The molecule has 3 N–H and O–H groups in total. The molecule has 0 aliphatic heterocycles. The summed E-state index contributed by atoms with van der Waals surface area (Å²) >= 11 is 0. The molecule has 168 valence electrons. The normalized spacial score (nSPS) is 35.4. The van der Waals surface area contributed by atoms with E-state index in [1.165, 1.54) is 37.7 Å². The zero-order valence-corrected chi connectivity index (χ0v) is 19.5. The fourth-order valence-corrected chi connectivity index (χ4v) is 6.37. The van der Waals surface area contributed by atoms with Crippen LogP contribution in [0.25, 0.3) is 0 Å². The van der Waals surface area contributed by atoms with Gasteiger partial charge in [0.25, 0.3) is 0 Å².